The maximum absolute atomic E-state index is 5.48. The fourth-order valence-electron chi connectivity index (χ4n) is 1.27. The molecule has 0 aliphatic rings. The molecular formula is C9H13Br2N3. The van der Waals surface area contributed by atoms with Crippen LogP contribution in [0.5, 0.6) is 0 Å². The lowest BCUT2D eigenvalue weighted by Gasteiger charge is -2.15. The number of halogens is 2. The lowest BCUT2D eigenvalue weighted by atomic mass is 10.1. The van der Waals surface area contributed by atoms with Crippen LogP contribution in [0.1, 0.15) is 31.5 Å². The van der Waals surface area contributed by atoms with Crippen LogP contribution in [0, 0.1) is 0 Å². The Balaban J connectivity index is 2.92. The van der Waals surface area contributed by atoms with Crippen molar-refractivity contribution in [3.63, 3.8) is 0 Å². The third-order valence-electron chi connectivity index (χ3n) is 1.94. The molecule has 0 saturated carbocycles. The van der Waals surface area contributed by atoms with E-state index < -0.39 is 0 Å². The maximum Gasteiger partial charge on any atom is 0.0729 e. The minimum absolute atomic E-state index is 0.113. The normalized spacial score (nSPS) is 12.9. The summed E-state index contributed by atoms with van der Waals surface area (Å²) < 4.78 is 1.93. The topological polar surface area (TPSA) is 50.9 Å². The van der Waals surface area contributed by atoms with Gasteiger partial charge < -0.3 is 0 Å². The zero-order valence-electron chi connectivity index (χ0n) is 7.93. The Morgan fingerprint density at radius 1 is 1.57 bits per heavy atom. The summed E-state index contributed by atoms with van der Waals surface area (Å²) in [6, 6.07) is 2.09. The highest BCUT2D eigenvalue weighted by Crippen LogP contribution is 2.26. The highest BCUT2D eigenvalue weighted by atomic mass is 79.9. The van der Waals surface area contributed by atoms with Gasteiger partial charge >= 0.3 is 0 Å². The number of nitrogens with two attached hydrogens (primary N) is 1. The van der Waals surface area contributed by atoms with E-state index in [1.807, 2.05) is 6.07 Å². The summed E-state index contributed by atoms with van der Waals surface area (Å²) in [6.45, 7) is 2.12. The van der Waals surface area contributed by atoms with Crippen molar-refractivity contribution in [2.24, 2.45) is 5.84 Å². The molecule has 1 aromatic heterocycles. The number of hydrogen-bond acceptors (Lipinski definition) is 3. The molecule has 1 rings (SSSR count). The lowest BCUT2D eigenvalue weighted by Crippen LogP contribution is -2.28. The monoisotopic (exact) mass is 321 g/mol. The minimum atomic E-state index is 0.113. The van der Waals surface area contributed by atoms with Crippen LogP contribution in [0.25, 0.3) is 0 Å². The van der Waals surface area contributed by atoms with Gasteiger partial charge in [-0.2, -0.15) is 0 Å². The summed E-state index contributed by atoms with van der Waals surface area (Å²) in [5, 5.41) is 0. The Labute approximate surface area is 101 Å². The number of nitrogens with one attached hydrogen (secondary N) is 1. The smallest absolute Gasteiger partial charge is 0.0729 e. The van der Waals surface area contributed by atoms with Gasteiger partial charge in [-0.1, -0.05) is 13.3 Å². The standard InChI is InChI=1S/C9H13Br2N3/c1-2-3-8(14-12)9-7(11)4-6(10)5-13-9/h4-5,8,14H,2-3,12H2,1H3. The molecule has 1 aromatic rings. The molecule has 1 atom stereocenters. The first-order valence-electron chi connectivity index (χ1n) is 4.46. The Kier molecular flexibility index (Phi) is 5.01. The number of nitrogens with zero attached hydrogens (tertiary/aromatic N) is 1. The van der Waals surface area contributed by atoms with Gasteiger partial charge in [0.15, 0.2) is 0 Å². The van der Waals surface area contributed by atoms with Gasteiger partial charge in [-0.3, -0.25) is 16.3 Å². The van der Waals surface area contributed by atoms with E-state index in [0.29, 0.717) is 0 Å². The van der Waals surface area contributed by atoms with Crippen molar-refractivity contribution in [3.8, 4) is 0 Å². The van der Waals surface area contributed by atoms with Crippen molar-refractivity contribution < 1.29 is 0 Å². The van der Waals surface area contributed by atoms with E-state index in [1.54, 1.807) is 6.20 Å². The summed E-state index contributed by atoms with van der Waals surface area (Å²) in [4.78, 5) is 4.33. The summed E-state index contributed by atoms with van der Waals surface area (Å²) in [5.74, 6) is 5.48. The quantitative estimate of drug-likeness (QED) is 0.662. The van der Waals surface area contributed by atoms with Crippen molar-refractivity contribution in [2.45, 2.75) is 25.8 Å². The molecule has 14 heavy (non-hydrogen) atoms. The van der Waals surface area contributed by atoms with Gasteiger partial charge in [0.05, 0.1) is 11.7 Å². The SMILES string of the molecule is CCCC(NN)c1ncc(Br)cc1Br. The second-order valence-corrected chi connectivity index (χ2v) is 4.80. The van der Waals surface area contributed by atoms with Crippen LogP contribution in [0.15, 0.2) is 21.2 Å². The molecule has 3 nitrogen and oxygen atoms in total. The van der Waals surface area contributed by atoms with Gasteiger partial charge in [-0.15, -0.1) is 0 Å². The average molecular weight is 323 g/mol. The molecule has 0 radical (unpaired) electrons. The summed E-state index contributed by atoms with van der Waals surface area (Å²) in [5.41, 5.74) is 3.73. The van der Waals surface area contributed by atoms with Crippen LogP contribution < -0.4 is 11.3 Å². The molecule has 0 bridgehead atoms. The first-order chi connectivity index (χ1) is 6.69. The molecule has 0 aromatic carbocycles. The van der Waals surface area contributed by atoms with Crippen molar-refractivity contribution in [1.29, 1.82) is 0 Å². The first kappa shape index (κ1) is 12.1. The molecule has 1 heterocycles. The van der Waals surface area contributed by atoms with Gasteiger partial charge in [0, 0.05) is 15.1 Å². The molecule has 0 amide bonds. The molecule has 0 aliphatic heterocycles. The highest BCUT2D eigenvalue weighted by molar-refractivity contribution is 9.11. The van der Waals surface area contributed by atoms with Crippen molar-refractivity contribution in [1.82, 2.24) is 10.4 Å². The highest BCUT2D eigenvalue weighted by Gasteiger charge is 2.13. The second-order valence-electron chi connectivity index (χ2n) is 3.03. The summed E-state index contributed by atoms with van der Waals surface area (Å²) >= 11 is 6.83. The van der Waals surface area contributed by atoms with Gasteiger partial charge in [0.2, 0.25) is 0 Å². The second kappa shape index (κ2) is 5.80. The Morgan fingerprint density at radius 2 is 2.29 bits per heavy atom. The van der Waals surface area contributed by atoms with E-state index >= 15 is 0 Å². The third kappa shape index (κ3) is 3.02. The number of hydrazine groups is 1. The zero-order valence-corrected chi connectivity index (χ0v) is 11.1. The maximum atomic E-state index is 5.48. The van der Waals surface area contributed by atoms with Crippen molar-refractivity contribution in [3.05, 3.63) is 26.9 Å². The zero-order chi connectivity index (χ0) is 10.6. The lowest BCUT2D eigenvalue weighted by molar-refractivity contribution is 0.496. The van der Waals surface area contributed by atoms with Gasteiger partial charge in [-0.05, 0) is 44.3 Å². The van der Waals surface area contributed by atoms with Crippen LogP contribution >= 0.6 is 31.9 Å². The van der Waals surface area contributed by atoms with Crippen LogP contribution in [0.4, 0.5) is 0 Å². The summed E-state index contributed by atoms with van der Waals surface area (Å²) in [6.07, 6.45) is 3.82. The summed E-state index contributed by atoms with van der Waals surface area (Å²) in [7, 11) is 0. The Hall–Kier alpha value is 0.0300. The molecule has 0 aliphatic carbocycles. The predicted octanol–water partition coefficient (Wildman–Crippen LogP) is 2.91. The molecule has 0 saturated heterocycles. The molecule has 0 spiro atoms. The largest absolute Gasteiger partial charge is 0.271 e. The fourth-order valence-corrected chi connectivity index (χ4v) is 2.53. The average Bonchev–Trinajstić information content (AvgIpc) is 2.15. The van der Waals surface area contributed by atoms with E-state index in [2.05, 4.69) is 49.2 Å². The van der Waals surface area contributed by atoms with Gasteiger partial charge in [0.25, 0.3) is 0 Å². The first-order valence-corrected chi connectivity index (χ1v) is 6.04. The molecule has 1 unspecified atom stereocenters. The fraction of sp³-hybridized carbons (Fsp3) is 0.444. The number of aromatic nitrogens is 1. The number of rotatable bonds is 4. The predicted molar refractivity (Wildman–Crippen MR) is 64.6 cm³/mol. The molecule has 5 heteroatoms. The minimum Gasteiger partial charge on any atom is -0.271 e. The molecule has 78 valence electrons. The van der Waals surface area contributed by atoms with Crippen LogP contribution in [0.2, 0.25) is 0 Å². The van der Waals surface area contributed by atoms with Crippen LogP contribution in [-0.2, 0) is 0 Å². The molecule has 3 N–H and O–H groups in total. The van der Waals surface area contributed by atoms with Crippen LogP contribution in [-0.4, -0.2) is 4.98 Å². The number of pyridine rings is 1. The third-order valence-corrected chi connectivity index (χ3v) is 3.01. The molecular weight excluding hydrogens is 310 g/mol. The van der Waals surface area contributed by atoms with Crippen molar-refractivity contribution >= 4 is 31.9 Å². The van der Waals surface area contributed by atoms with Crippen LogP contribution in [0.3, 0.4) is 0 Å². The van der Waals surface area contributed by atoms with Gasteiger partial charge in [-0.25, -0.2) is 0 Å². The Morgan fingerprint density at radius 3 is 2.79 bits per heavy atom. The number of hydrogen-bond donors (Lipinski definition) is 2. The van der Waals surface area contributed by atoms with E-state index in [0.717, 1.165) is 27.5 Å². The van der Waals surface area contributed by atoms with E-state index in [-0.39, 0.29) is 6.04 Å². The van der Waals surface area contributed by atoms with E-state index in [1.165, 1.54) is 0 Å². The van der Waals surface area contributed by atoms with E-state index in [9.17, 15) is 0 Å². The van der Waals surface area contributed by atoms with Gasteiger partial charge in [0.1, 0.15) is 0 Å². The van der Waals surface area contributed by atoms with E-state index in [4.69, 9.17) is 5.84 Å². The van der Waals surface area contributed by atoms with Crippen molar-refractivity contribution in [2.75, 3.05) is 0 Å². The Bertz CT molecular complexity index is 304. The molecule has 0 fully saturated rings.